The van der Waals surface area contributed by atoms with Crippen LogP contribution in [0, 0.1) is 41.4 Å². The largest absolute Gasteiger partial charge is 0.206 e. The summed E-state index contributed by atoms with van der Waals surface area (Å²) < 4.78 is 71.6. The number of unbranched alkanes of at least 4 members (excludes halogenated alkanes) is 1. The zero-order valence-corrected chi connectivity index (χ0v) is 15.6. The van der Waals surface area contributed by atoms with Gasteiger partial charge < -0.3 is 0 Å². The number of terminal acetylenes is 1. The molecule has 0 spiro atoms. The molecule has 3 aromatic rings. The van der Waals surface area contributed by atoms with Gasteiger partial charge in [-0.05, 0) is 59.9 Å². The molecule has 0 aliphatic heterocycles. The van der Waals surface area contributed by atoms with Gasteiger partial charge in [0.15, 0.2) is 0 Å². The number of rotatable bonds is 5. The highest BCUT2D eigenvalue weighted by molar-refractivity contribution is 5.72. The molecule has 0 N–H and O–H groups in total. The molecule has 0 nitrogen and oxygen atoms in total. The number of hydrogen-bond acceptors (Lipinski definition) is 0. The molecule has 0 aliphatic carbocycles. The molecule has 148 valence electrons. The molecule has 0 aliphatic rings. The summed E-state index contributed by atoms with van der Waals surface area (Å²) >= 11 is 0. The first-order valence-corrected chi connectivity index (χ1v) is 9.09. The molecule has 0 atom stereocenters. The van der Waals surface area contributed by atoms with Crippen LogP contribution in [-0.4, -0.2) is 0 Å². The Labute approximate surface area is 166 Å². The molecule has 0 amide bonds. The van der Waals surface area contributed by atoms with Gasteiger partial charge in [0.2, 0.25) is 0 Å². The summed E-state index contributed by atoms with van der Waals surface area (Å²) in [5.41, 5.74) is -0.744. The Balaban J connectivity index is 2.04. The SMILES string of the molecule is C#Cc1c(F)cc(-c2c(F)cc(-c3ccc(CCCC)cc3F)cc2F)cc1F. The molecule has 0 saturated carbocycles. The van der Waals surface area contributed by atoms with Gasteiger partial charge in [0.1, 0.15) is 29.1 Å². The Morgan fingerprint density at radius 3 is 1.86 bits per heavy atom. The van der Waals surface area contributed by atoms with Crippen molar-refractivity contribution in [3.05, 3.63) is 82.7 Å². The number of hydrogen-bond donors (Lipinski definition) is 0. The molecule has 0 aromatic heterocycles. The second-order valence-electron chi connectivity index (χ2n) is 6.69. The molecular formula is C24H17F5. The Kier molecular flexibility index (Phi) is 6.03. The van der Waals surface area contributed by atoms with Crippen molar-refractivity contribution in [2.45, 2.75) is 26.2 Å². The third-order valence-corrected chi connectivity index (χ3v) is 4.68. The van der Waals surface area contributed by atoms with E-state index in [2.05, 4.69) is 0 Å². The molecule has 0 bridgehead atoms. The molecule has 29 heavy (non-hydrogen) atoms. The van der Waals surface area contributed by atoms with E-state index in [0.717, 1.165) is 42.7 Å². The van der Waals surface area contributed by atoms with Gasteiger partial charge in [-0.3, -0.25) is 0 Å². The number of benzene rings is 3. The Morgan fingerprint density at radius 1 is 0.759 bits per heavy atom. The van der Waals surface area contributed by atoms with Crippen LogP contribution >= 0.6 is 0 Å². The third kappa shape index (κ3) is 4.17. The molecule has 0 fully saturated rings. The van der Waals surface area contributed by atoms with Crippen LogP contribution < -0.4 is 0 Å². The first-order chi connectivity index (χ1) is 13.8. The molecule has 0 unspecified atom stereocenters. The average Bonchev–Trinajstić information content (AvgIpc) is 2.65. The normalized spacial score (nSPS) is 10.8. The number of aryl methyl sites for hydroxylation is 1. The second kappa shape index (κ2) is 8.48. The minimum absolute atomic E-state index is 0.00974. The second-order valence-corrected chi connectivity index (χ2v) is 6.69. The summed E-state index contributed by atoms with van der Waals surface area (Å²) in [5, 5.41) is 0. The molecule has 0 heterocycles. The lowest BCUT2D eigenvalue weighted by Crippen LogP contribution is -1.97. The van der Waals surface area contributed by atoms with Gasteiger partial charge in [0.05, 0.1) is 11.1 Å². The van der Waals surface area contributed by atoms with Crippen LogP contribution in [-0.2, 0) is 6.42 Å². The van der Waals surface area contributed by atoms with Crippen molar-refractivity contribution >= 4 is 0 Å². The maximum atomic E-state index is 14.7. The van der Waals surface area contributed by atoms with Crippen molar-refractivity contribution < 1.29 is 22.0 Å². The lowest BCUT2D eigenvalue weighted by Gasteiger charge is -2.11. The van der Waals surface area contributed by atoms with Crippen molar-refractivity contribution in [2.75, 3.05) is 0 Å². The summed E-state index contributed by atoms with van der Waals surface area (Å²) in [7, 11) is 0. The van der Waals surface area contributed by atoms with Gasteiger partial charge >= 0.3 is 0 Å². The van der Waals surface area contributed by atoms with Gasteiger partial charge in [-0.1, -0.05) is 31.4 Å². The lowest BCUT2D eigenvalue weighted by atomic mass is 9.96. The minimum atomic E-state index is -1.10. The molecule has 5 heteroatoms. The summed E-state index contributed by atoms with van der Waals surface area (Å²) in [4.78, 5) is 0. The smallest absolute Gasteiger partial charge is 0.142 e. The standard InChI is InChI=1S/C24H17F5/c1-3-5-6-14-7-8-18(19(25)9-14)15-10-22(28)24(23(29)11-15)16-12-20(26)17(4-2)21(27)13-16/h2,7-13H,3,5-6H2,1H3. The van der Waals surface area contributed by atoms with Crippen LogP contribution in [0.1, 0.15) is 30.9 Å². The van der Waals surface area contributed by atoms with Crippen LogP contribution in [0.4, 0.5) is 22.0 Å². The van der Waals surface area contributed by atoms with Crippen molar-refractivity contribution in [2.24, 2.45) is 0 Å². The highest BCUT2D eigenvalue weighted by Crippen LogP contribution is 2.33. The van der Waals surface area contributed by atoms with Gasteiger partial charge in [-0.2, -0.15) is 0 Å². The maximum Gasteiger partial charge on any atom is 0.142 e. The van der Waals surface area contributed by atoms with Gasteiger partial charge in [-0.15, -0.1) is 6.42 Å². The highest BCUT2D eigenvalue weighted by atomic mass is 19.1. The van der Waals surface area contributed by atoms with E-state index >= 15 is 0 Å². The van der Waals surface area contributed by atoms with Crippen LogP contribution in [0.5, 0.6) is 0 Å². The third-order valence-electron chi connectivity index (χ3n) is 4.68. The molecular weight excluding hydrogens is 383 g/mol. The molecule has 3 aromatic carbocycles. The lowest BCUT2D eigenvalue weighted by molar-refractivity contribution is 0.574. The zero-order chi connectivity index (χ0) is 21.1. The van der Waals surface area contributed by atoms with Gasteiger partial charge in [-0.25, -0.2) is 22.0 Å². The predicted octanol–water partition coefficient (Wildman–Crippen LogP) is 7.04. The van der Waals surface area contributed by atoms with Crippen LogP contribution in [0.2, 0.25) is 0 Å². The van der Waals surface area contributed by atoms with Crippen molar-refractivity contribution in [3.8, 4) is 34.6 Å². The van der Waals surface area contributed by atoms with E-state index in [1.165, 1.54) is 12.1 Å². The minimum Gasteiger partial charge on any atom is -0.206 e. The quantitative estimate of drug-likeness (QED) is 0.318. The number of halogens is 5. The molecule has 0 radical (unpaired) electrons. The first-order valence-electron chi connectivity index (χ1n) is 9.09. The summed E-state index contributed by atoms with van der Waals surface area (Å²) in [5.74, 6) is -3.08. The van der Waals surface area contributed by atoms with Gasteiger partial charge in [0, 0.05) is 5.56 Å². The van der Waals surface area contributed by atoms with E-state index in [-0.39, 0.29) is 16.7 Å². The molecule has 3 rings (SSSR count). The highest BCUT2D eigenvalue weighted by Gasteiger charge is 2.19. The Morgan fingerprint density at radius 2 is 1.34 bits per heavy atom. The van der Waals surface area contributed by atoms with Crippen molar-refractivity contribution in [1.82, 2.24) is 0 Å². The van der Waals surface area contributed by atoms with Crippen LogP contribution in [0.15, 0.2) is 42.5 Å². The Hall–Kier alpha value is -3.13. The van der Waals surface area contributed by atoms with E-state index in [1.54, 1.807) is 6.07 Å². The Bertz CT molecular complexity index is 1060. The monoisotopic (exact) mass is 400 g/mol. The van der Waals surface area contributed by atoms with E-state index in [1.807, 2.05) is 12.8 Å². The van der Waals surface area contributed by atoms with Crippen molar-refractivity contribution in [3.63, 3.8) is 0 Å². The zero-order valence-electron chi connectivity index (χ0n) is 15.6. The topological polar surface area (TPSA) is 0 Å². The van der Waals surface area contributed by atoms with E-state index < -0.39 is 40.2 Å². The van der Waals surface area contributed by atoms with Crippen LogP contribution in [0.3, 0.4) is 0 Å². The van der Waals surface area contributed by atoms with Gasteiger partial charge in [0.25, 0.3) is 0 Å². The first kappa shape index (κ1) is 20.6. The molecule has 0 saturated heterocycles. The fraction of sp³-hybridized carbons (Fsp3) is 0.167. The van der Waals surface area contributed by atoms with Crippen LogP contribution in [0.25, 0.3) is 22.3 Å². The van der Waals surface area contributed by atoms with E-state index in [0.29, 0.717) is 6.42 Å². The fourth-order valence-corrected chi connectivity index (χ4v) is 3.19. The maximum absolute atomic E-state index is 14.7. The van der Waals surface area contributed by atoms with E-state index in [4.69, 9.17) is 6.42 Å². The van der Waals surface area contributed by atoms with Crippen molar-refractivity contribution in [1.29, 1.82) is 0 Å². The summed E-state index contributed by atoms with van der Waals surface area (Å²) in [6, 6.07) is 7.93. The summed E-state index contributed by atoms with van der Waals surface area (Å²) in [6.07, 6.45) is 7.60. The predicted molar refractivity (Wildman–Crippen MR) is 104 cm³/mol. The van der Waals surface area contributed by atoms with E-state index in [9.17, 15) is 22.0 Å². The summed E-state index contributed by atoms with van der Waals surface area (Å²) in [6.45, 7) is 2.02. The fourth-order valence-electron chi connectivity index (χ4n) is 3.19. The average molecular weight is 400 g/mol.